The van der Waals surface area contributed by atoms with E-state index < -0.39 is 0 Å². The van der Waals surface area contributed by atoms with E-state index in [0.717, 1.165) is 54.7 Å². The fourth-order valence-electron chi connectivity index (χ4n) is 4.28. The van der Waals surface area contributed by atoms with Gasteiger partial charge in [-0.05, 0) is 31.7 Å². The molecule has 1 N–H and O–H groups in total. The van der Waals surface area contributed by atoms with Gasteiger partial charge in [0, 0.05) is 55.5 Å². The lowest BCUT2D eigenvalue weighted by Crippen LogP contribution is -2.53. The van der Waals surface area contributed by atoms with Crippen LogP contribution in [-0.4, -0.2) is 62.1 Å². The summed E-state index contributed by atoms with van der Waals surface area (Å²) in [6, 6.07) is 13.6. The molecule has 5 rings (SSSR count). The molecule has 1 aromatic heterocycles. The van der Waals surface area contributed by atoms with Gasteiger partial charge in [0.2, 0.25) is 0 Å². The molecule has 1 fully saturated rings. The molecule has 2 aliphatic rings. The largest absolute Gasteiger partial charge is 0.385 e. The molecule has 30 heavy (non-hydrogen) atoms. The van der Waals surface area contributed by atoms with E-state index >= 15 is 0 Å². The Kier molecular flexibility index (Phi) is 5.18. The van der Waals surface area contributed by atoms with Crippen LogP contribution in [0.5, 0.6) is 0 Å². The molecule has 0 spiro atoms. The summed E-state index contributed by atoms with van der Waals surface area (Å²) in [5.41, 5.74) is 2.59. The van der Waals surface area contributed by atoms with Crippen molar-refractivity contribution in [3.05, 3.63) is 53.8 Å². The van der Waals surface area contributed by atoms with Crippen LogP contribution in [0.4, 0.5) is 20.8 Å². The second-order valence-electron chi connectivity index (χ2n) is 7.89. The molecule has 2 aliphatic heterocycles. The molecule has 1 atom stereocenters. The third-order valence-corrected chi connectivity index (χ3v) is 7.07. The summed E-state index contributed by atoms with van der Waals surface area (Å²) in [7, 11) is 3.92. The number of fused-ring (bicyclic) bond motifs is 4. The smallest absolute Gasteiger partial charge is 0.140 e. The van der Waals surface area contributed by atoms with Crippen LogP contribution in [0.3, 0.4) is 0 Å². The average molecular weight is 425 g/mol. The molecular formula is C23H25FN4OS. The van der Waals surface area contributed by atoms with E-state index in [2.05, 4.69) is 46.4 Å². The van der Waals surface area contributed by atoms with Gasteiger partial charge >= 0.3 is 0 Å². The Labute approximate surface area is 179 Å². The van der Waals surface area contributed by atoms with Gasteiger partial charge in [0.1, 0.15) is 16.7 Å². The number of anilines is 2. The Morgan fingerprint density at radius 1 is 1.23 bits per heavy atom. The molecule has 3 aromatic rings. The molecule has 0 radical (unpaired) electrons. The molecule has 2 aromatic carbocycles. The molecule has 1 saturated heterocycles. The standard InChI is InChI=1S/C23H25FN4OS/c1-27-10-11-28(14-16(27)9-12-29-2)22-21-17-5-3-4-6-20(17)30-23(21)26-18-8-7-15(24)13-19(18)25-22/h3-8,13,16,26H,9-12,14H2,1-2H3/t16-/m0/s1. The molecule has 3 heterocycles. The number of nitrogens with one attached hydrogen (secondary N) is 1. The van der Waals surface area contributed by atoms with Crippen molar-refractivity contribution in [1.29, 1.82) is 0 Å². The van der Waals surface area contributed by atoms with Crippen LogP contribution in [0.2, 0.25) is 0 Å². The van der Waals surface area contributed by atoms with E-state index in [9.17, 15) is 4.39 Å². The quantitative estimate of drug-likeness (QED) is 0.654. The second kappa shape index (κ2) is 7.98. The lowest BCUT2D eigenvalue weighted by atomic mass is 10.1. The minimum atomic E-state index is -0.273. The number of benzene rings is 2. The second-order valence-corrected chi connectivity index (χ2v) is 8.94. The number of hydrogen-bond acceptors (Lipinski definition) is 6. The predicted molar refractivity (Wildman–Crippen MR) is 122 cm³/mol. The zero-order chi connectivity index (χ0) is 20.7. The van der Waals surface area contributed by atoms with E-state index in [1.54, 1.807) is 24.5 Å². The summed E-state index contributed by atoms with van der Waals surface area (Å²) >= 11 is 1.72. The summed E-state index contributed by atoms with van der Waals surface area (Å²) in [5, 5.41) is 5.77. The van der Waals surface area contributed by atoms with Crippen molar-refractivity contribution in [2.75, 3.05) is 45.7 Å². The van der Waals surface area contributed by atoms with Crippen LogP contribution in [0.15, 0.2) is 47.5 Å². The number of rotatable bonds is 3. The Hall–Kier alpha value is -2.48. The molecule has 156 valence electrons. The van der Waals surface area contributed by atoms with Gasteiger partial charge in [-0.2, -0.15) is 0 Å². The monoisotopic (exact) mass is 424 g/mol. The number of thiophene rings is 1. The highest BCUT2D eigenvalue weighted by Gasteiger charge is 2.31. The first-order chi connectivity index (χ1) is 14.6. The van der Waals surface area contributed by atoms with Crippen LogP contribution in [-0.2, 0) is 4.74 Å². The Morgan fingerprint density at radius 2 is 2.10 bits per heavy atom. The number of methoxy groups -OCH3 is 1. The van der Waals surface area contributed by atoms with Gasteiger partial charge in [-0.25, -0.2) is 9.38 Å². The predicted octanol–water partition coefficient (Wildman–Crippen LogP) is 4.83. The third kappa shape index (κ3) is 3.47. The number of piperazine rings is 1. The van der Waals surface area contributed by atoms with Gasteiger partial charge in [0.25, 0.3) is 0 Å². The zero-order valence-corrected chi connectivity index (χ0v) is 18.0. The summed E-state index contributed by atoms with van der Waals surface area (Å²) in [4.78, 5) is 9.78. The molecular weight excluding hydrogens is 399 g/mol. The maximum absolute atomic E-state index is 14.0. The Morgan fingerprint density at radius 3 is 2.97 bits per heavy atom. The first-order valence-electron chi connectivity index (χ1n) is 10.3. The number of ether oxygens (including phenoxy) is 1. The van der Waals surface area contributed by atoms with Gasteiger partial charge in [-0.3, -0.25) is 4.90 Å². The van der Waals surface area contributed by atoms with Gasteiger partial charge in [-0.1, -0.05) is 18.2 Å². The van der Waals surface area contributed by atoms with Crippen molar-refractivity contribution in [2.45, 2.75) is 12.5 Å². The third-order valence-electron chi connectivity index (χ3n) is 5.99. The van der Waals surface area contributed by atoms with Crippen LogP contribution < -0.4 is 5.32 Å². The normalized spacial score (nSPS) is 19.1. The van der Waals surface area contributed by atoms with E-state index in [1.807, 2.05) is 0 Å². The molecule has 7 heteroatoms. The fraction of sp³-hybridized carbons (Fsp3) is 0.348. The van der Waals surface area contributed by atoms with E-state index in [1.165, 1.54) is 22.2 Å². The van der Waals surface area contributed by atoms with Crippen molar-refractivity contribution < 1.29 is 9.13 Å². The topological polar surface area (TPSA) is 40.1 Å². The van der Waals surface area contributed by atoms with Crippen LogP contribution in [0.1, 0.15) is 12.0 Å². The van der Waals surface area contributed by atoms with Gasteiger partial charge < -0.3 is 15.0 Å². The zero-order valence-electron chi connectivity index (χ0n) is 17.2. The van der Waals surface area contributed by atoms with Gasteiger partial charge in [0.05, 0.1) is 16.9 Å². The highest BCUT2D eigenvalue weighted by atomic mass is 32.1. The number of likely N-dealkylation sites (N-methyl/N-ethyl adjacent to an activating group) is 1. The summed E-state index contributed by atoms with van der Waals surface area (Å²) < 4.78 is 20.6. The Bertz CT molecular complexity index is 1110. The van der Waals surface area contributed by atoms with Crippen molar-refractivity contribution in [3.8, 4) is 0 Å². The maximum atomic E-state index is 14.0. The first-order valence-corrected chi connectivity index (χ1v) is 11.1. The maximum Gasteiger partial charge on any atom is 0.140 e. The Balaban J connectivity index is 1.63. The molecule has 5 nitrogen and oxygen atoms in total. The minimum Gasteiger partial charge on any atom is -0.385 e. The van der Waals surface area contributed by atoms with Gasteiger partial charge in [-0.15, -0.1) is 11.3 Å². The molecule has 0 aliphatic carbocycles. The summed E-state index contributed by atoms with van der Waals surface area (Å²) in [5.74, 6) is 0.653. The van der Waals surface area contributed by atoms with Crippen molar-refractivity contribution in [2.24, 2.45) is 4.99 Å². The summed E-state index contributed by atoms with van der Waals surface area (Å²) in [6.45, 7) is 3.44. The van der Waals surface area contributed by atoms with Crippen molar-refractivity contribution >= 4 is 43.6 Å². The molecule has 0 unspecified atom stereocenters. The minimum absolute atomic E-state index is 0.273. The number of amidine groups is 1. The number of hydrogen-bond donors (Lipinski definition) is 1. The molecule has 0 amide bonds. The van der Waals surface area contributed by atoms with E-state index in [4.69, 9.17) is 9.73 Å². The van der Waals surface area contributed by atoms with E-state index in [0.29, 0.717) is 11.7 Å². The van der Waals surface area contributed by atoms with Crippen molar-refractivity contribution in [1.82, 2.24) is 9.80 Å². The highest BCUT2D eigenvalue weighted by molar-refractivity contribution is 7.23. The van der Waals surface area contributed by atoms with Crippen LogP contribution >= 0.6 is 11.3 Å². The summed E-state index contributed by atoms with van der Waals surface area (Å²) in [6.07, 6.45) is 0.970. The molecule has 0 saturated carbocycles. The molecule has 0 bridgehead atoms. The number of halogens is 1. The first kappa shape index (κ1) is 19.5. The lowest BCUT2D eigenvalue weighted by Gasteiger charge is -2.41. The fourth-order valence-corrected chi connectivity index (χ4v) is 5.39. The van der Waals surface area contributed by atoms with E-state index in [-0.39, 0.29) is 5.82 Å². The number of nitrogens with zero attached hydrogens (tertiary/aromatic N) is 3. The van der Waals surface area contributed by atoms with Gasteiger partial charge in [0.15, 0.2) is 0 Å². The SMILES string of the molecule is COCC[C@H]1CN(C2=Nc3cc(F)ccc3Nc3sc4ccccc4c32)CCN1C. The van der Waals surface area contributed by atoms with Crippen LogP contribution in [0, 0.1) is 5.82 Å². The average Bonchev–Trinajstić information content (AvgIpc) is 3.03. The number of aliphatic imine (C=N–C) groups is 1. The van der Waals surface area contributed by atoms with Crippen molar-refractivity contribution in [3.63, 3.8) is 0 Å². The van der Waals surface area contributed by atoms with Crippen LogP contribution in [0.25, 0.3) is 10.1 Å². The highest BCUT2D eigenvalue weighted by Crippen LogP contribution is 2.43. The lowest BCUT2D eigenvalue weighted by molar-refractivity contribution is 0.100.